The van der Waals surface area contributed by atoms with Crippen LogP contribution in [-0.2, 0) is 19.4 Å². The fourth-order valence-corrected chi connectivity index (χ4v) is 5.18. The van der Waals surface area contributed by atoms with E-state index in [1.807, 2.05) is 6.07 Å². The van der Waals surface area contributed by atoms with Crippen LogP contribution in [0, 0.1) is 0 Å². The highest BCUT2D eigenvalue weighted by molar-refractivity contribution is 7.19. The van der Waals surface area contributed by atoms with E-state index in [-0.39, 0.29) is 0 Å². The number of hydrogen-bond donors (Lipinski definition) is 0. The SMILES string of the molecule is CCc1ccc(-c2c(CC)sc3nc(Cl)nc(N(CC)Cc4ccccc4)c23)cc1. The number of rotatable bonds is 7. The molecule has 0 spiro atoms. The van der Waals surface area contributed by atoms with Gasteiger partial charge in [-0.3, -0.25) is 0 Å². The van der Waals surface area contributed by atoms with Crippen LogP contribution in [0.4, 0.5) is 5.82 Å². The van der Waals surface area contributed by atoms with Crippen LogP contribution in [-0.4, -0.2) is 16.5 Å². The molecule has 2 aromatic heterocycles. The van der Waals surface area contributed by atoms with Gasteiger partial charge in [0, 0.05) is 23.5 Å². The van der Waals surface area contributed by atoms with Crippen molar-refractivity contribution in [3.63, 3.8) is 0 Å². The van der Waals surface area contributed by atoms with Gasteiger partial charge >= 0.3 is 0 Å². The standard InChI is InChI=1S/C25H26ClN3S/c1-4-17-12-14-19(15-13-17)21-20(5-2)30-24-22(21)23(27-25(26)28-24)29(6-3)16-18-10-8-7-9-11-18/h7-15H,4-6,16H2,1-3H3. The highest BCUT2D eigenvalue weighted by Crippen LogP contribution is 2.43. The lowest BCUT2D eigenvalue weighted by molar-refractivity contribution is 0.817. The van der Waals surface area contributed by atoms with Crippen molar-refractivity contribution in [1.82, 2.24) is 9.97 Å². The van der Waals surface area contributed by atoms with Crippen molar-refractivity contribution in [3.8, 4) is 11.1 Å². The van der Waals surface area contributed by atoms with Gasteiger partial charge in [0.2, 0.25) is 5.28 Å². The number of benzene rings is 2. The molecule has 4 rings (SSSR count). The maximum Gasteiger partial charge on any atom is 0.225 e. The maximum atomic E-state index is 6.38. The van der Waals surface area contributed by atoms with Gasteiger partial charge in [0.1, 0.15) is 10.6 Å². The summed E-state index contributed by atoms with van der Waals surface area (Å²) in [5.41, 5.74) is 5.06. The number of hydrogen-bond acceptors (Lipinski definition) is 4. The second kappa shape index (κ2) is 9.15. The van der Waals surface area contributed by atoms with E-state index < -0.39 is 0 Å². The molecule has 4 aromatic rings. The van der Waals surface area contributed by atoms with Crippen molar-refractivity contribution in [2.45, 2.75) is 40.2 Å². The van der Waals surface area contributed by atoms with Gasteiger partial charge in [-0.15, -0.1) is 11.3 Å². The minimum absolute atomic E-state index is 0.306. The summed E-state index contributed by atoms with van der Waals surface area (Å²) in [5.74, 6) is 0.918. The molecule has 2 heterocycles. The third-order valence-electron chi connectivity index (χ3n) is 5.45. The molecule has 3 nitrogen and oxygen atoms in total. The van der Waals surface area contributed by atoms with Crippen molar-refractivity contribution in [3.05, 3.63) is 75.9 Å². The molecule has 0 saturated carbocycles. The Labute approximate surface area is 187 Å². The number of thiophene rings is 1. The van der Waals surface area contributed by atoms with E-state index in [9.17, 15) is 0 Å². The Kier molecular flexibility index (Phi) is 6.35. The molecule has 0 bridgehead atoms. The molecule has 0 atom stereocenters. The lowest BCUT2D eigenvalue weighted by atomic mass is 10.00. The van der Waals surface area contributed by atoms with Gasteiger partial charge in [-0.05, 0) is 48.1 Å². The Balaban J connectivity index is 1.91. The van der Waals surface area contributed by atoms with Crippen molar-refractivity contribution >= 4 is 39.0 Å². The topological polar surface area (TPSA) is 29.0 Å². The Morgan fingerprint density at radius 1 is 0.867 bits per heavy atom. The molecule has 0 amide bonds. The van der Waals surface area contributed by atoms with Gasteiger partial charge in [-0.25, -0.2) is 4.98 Å². The fourth-order valence-electron chi connectivity index (χ4n) is 3.83. The number of aromatic nitrogens is 2. The van der Waals surface area contributed by atoms with Gasteiger partial charge in [0.25, 0.3) is 0 Å². The third kappa shape index (κ3) is 4.07. The van der Waals surface area contributed by atoms with Crippen molar-refractivity contribution in [2.75, 3.05) is 11.4 Å². The molecule has 154 valence electrons. The average Bonchev–Trinajstić information content (AvgIpc) is 3.16. The Bertz CT molecular complexity index is 1140. The fraction of sp³-hybridized carbons (Fsp3) is 0.280. The Hall–Kier alpha value is -2.43. The molecule has 0 saturated heterocycles. The summed E-state index contributed by atoms with van der Waals surface area (Å²) in [6.07, 6.45) is 1.99. The molecule has 30 heavy (non-hydrogen) atoms. The first-order valence-corrected chi connectivity index (χ1v) is 11.7. The molecule has 0 aliphatic carbocycles. The summed E-state index contributed by atoms with van der Waals surface area (Å²) in [4.78, 5) is 13.9. The van der Waals surface area contributed by atoms with Gasteiger partial charge in [0.05, 0.1) is 5.39 Å². The summed E-state index contributed by atoms with van der Waals surface area (Å²) in [7, 11) is 0. The molecule has 0 radical (unpaired) electrons. The van der Waals surface area contributed by atoms with Gasteiger partial charge < -0.3 is 4.90 Å². The van der Waals surface area contributed by atoms with Crippen LogP contribution in [0.5, 0.6) is 0 Å². The van der Waals surface area contributed by atoms with Crippen LogP contribution in [0.1, 0.15) is 36.8 Å². The van der Waals surface area contributed by atoms with Crippen LogP contribution in [0.2, 0.25) is 5.28 Å². The third-order valence-corrected chi connectivity index (χ3v) is 6.84. The van der Waals surface area contributed by atoms with Crippen molar-refractivity contribution in [2.24, 2.45) is 0 Å². The minimum atomic E-state index is 0.306. The molecule has 0 aliphatic heterocycles. The van der Waals surface area contributed by atoms with E-state index in [4.69, 9.17) is 16.6 Å². The average molecular weight is 436 g/mol. The number of fused-ring (bicyclic) bond motifs is 1. The highest BCUT2D eigenvalue weighted by atomic mass is 35.5. The van der Waals surface area contributed by atoms with Gasteiger partial charge in [-0.1, -0.05) is 68.4 Å². The summed E-state index contributed by atoms with van der Waals surface area (Å²) >= 11 is 8.11. The van der Waals surface area contributed by atoms with E-state index in [1.165, 1.54) is 27.1 Å². The number of anilines is 1. The van der Waals surface area contributed by atoms with E-state index in [0.717, 1.165) is 42.0 Å². The van der Waals surface area contributed by atoms with E-state index in [0.29, 0.717) is 5.28 Å². The molecule has 5 heteroatoms. The minimum Gasteiger partial charge on any atom is -0.352 e. The van der Waals surface area contributed by atoms with Crippen molar-refractivity contribution in [1.29, 1.82) is 0 Å². The zero-order valence-electron chi connectivity index (χ0n) is 17.7. The maximum absolute atomic E-state index is 6.38. The van der Waals surface area contributed by atoms with Crippen molar-refractivity contribution < 1.29 is 0 Å². The van der Waals surface area contributed by atoms with Crippen LogP contribution in [0.3, 0.4) is 0 Å². The number of nitrogens with zero attached hydrogens (tertiary/aromatic N) is 3. The molecular weight excluding hydrogens is 410 g/mol. The predicted molar refractivity (Wildman–Crippen MR) is 130 cm³/mol. The first-order valence-electron chi connectivity index (χ1n) is 10.5. The molecule has 0 N–H and O–H groups in total. The molecule has 0 unspecified atom stereocenters. The van der Waals surface area contributed by atoms with E-state index >= 15 is 0 Å². The van der Waals surface area contributed by atoms with Crippen LogP contribution in [0.15, 0.2) is 54.6 Å². The highest BCUT2D eigenvalue weighted by Gasteiger charge is 2.22. The summed E-state index contributed by atoms with van der Waals surface area (Å²) in [6, 6.07) is 19.4. The molecular formula is C25H26ClN3S. The van der Waals surface area contributed by atoms with Gasteiger partial charge in [0.15, 0.2) is 0 Å². The predicted octanol–water partition coefficient (Wildman–Crippen LogP) is 7.16. The largest absolute Gasteiger partial charge is 0.352 e. The molecule has 0 fully saturated rings. The Morgan fingerprint density at radius 2 is 1.60 bits per heavy atom. The monoisotopic (exact) mass is 435 g/mol. The zero-order valence-corrected chi connectivity index (χ0v) is 19.2. The summed E-state index contributed by atoms with van der Waals surface area (Å²) in [5, 5.41) is 1.42. The van der Waals surface area contributed by atoms with E-state index in [1.54, 1.807) is 11.3 Å². The molecule has 2 aromatic carbocycles. The molecule has 0 aliphatic rings. The smallest absolute Gasteiger partial charge is 0.225 e. The first kappa shape index (κ1) is 20.8. The van der Waals surface area contributed by atoms with Gasteiger partial charge in [-0.2, -0.15) is 4.98 Å². The van der Waals surface area contributed by atoms with Crippen LogP contribution >= 0.6 is 22.9 Å². The number of aryl methyl sites for hydroxylation is 2. The lowest BCUT2D eigenvalue weighted by Gasteiger charge is -2.23. The second-order valence-corrected chi connectivity index (χ2v) is 8.72. The second-order valence-electron chi connectivity index (χ2n) is 7.30. The van der Waals surface area contributed by atoms with Crippen LogP contribution < -0.4 is 4.90 Å². The Morgan fingerprint density at radius 3 is 2.23 bits per heavy atom. The van der Waals surface area contributed by atoms with E-state index in [2.05, 4.69) is 79.2 Å². The van der Waals surface area contributed by atoms with Crippen LogP contribution in [0.25, 0.3) is 21.3 Å². The zero-order chi connectivity index (χ0) is 21.1. The summed E-state index contributed by atoms with van der Waals surface area (Å²) in [6.45, 7) is 8.16. The lowest BCUT2D eigenvalue weighted by Crippen LogP contribution is -2.23. The summed E-state index contributed by atoms with van der Waals surface area (Å²) < 4.78 is 0. The number of halogens is 1. The first-order chi connectivity index (χ1) is 14.6. The quantitative estimate of drug-likeness (QED) is 0.288. The normalized spacial score (nSPS) is 11.2.